The fraction of sp³-hybridized carbons (Fsp3) is 0.565. The number of rotatable bonds is 11. The molecule has 2 saturated heterocycles. The topological polar surface area (TPSA) is 129 Å². The molecule has 0 atom stereocenters. The molecular weight excluding hydrogens is 482 g/mol. The summed E-state index contributed by atoms with van der Waals surface area (Å²) in [7, 11) is 0. The van der Waals surface area contributed by atoms with E-state index < -0.39 is 0 Å². The number of ether oxygens (including phenoxy) is 3. The molecule has 2 aromatic heterocycles. The van der Waals surface area contributed by atoms with E-state index in [0.717, 1.165) is 81.8 Å². The number of morpholine rings is 2. The van der Waals surface area contributed by atoms with Gasteiger partial charge < -0.3 is 30.2 Å². The van der Waals surface area contributed by atoms with Crippen molar-refractivity contribution in [3.05, 3.63) is 24.3 Å². The summed E-state index contributed by atoms with van der Waals surface area (Å²) in [6, 6.07) is 7.88. The fourth-order valence-electron chi connectivity index (χ4n) is 4.10. The van der Waals surface area contributed by atoms with Gasteiger partial charge in [0.15, 0.2) is 5.01 Å². The smallest absolute Gasteiger partial charge is 0.247 e. The van der Waals surface area contributed by atoms with Crippen LogP contribution in [0.2, 0.25) is 0 Å². The van der Waals surface area contributed by atoms with E-state index in [1.807, 2.05) is 24.3 Å². The number of hydrogen-bond acceptors (Lipinski definition) is 12. The molecule has 0 saturated carbocycles. The van der Waals surface area contributed by atoms with Crippen molar-refractivity contribution in [3.63, 3.8) is 0 Å². The van der Waals surface area contributed by atoms with Gasteiger partial charge in [-0.15, -0.1) is 15.3 Å². The van der Waals surface area contributed by atoms with Crippen LogP contribution in [0.3, 0.4) is 0 Å². The Morgan fingerprint density at radius 1 is 1.00 bits per heavy atom. The van der Waals surface area contributed by atoms with Gasteiger partial charge in [0.2, 0.25) is 17.0 Å². The van der Waals surface area contributed by atoms with E-state index >= 15 is 0 Å². The zero-order valence-electron chi connectivity index (χ0n) is 20.3. The Balaban J connectivity index is 1.14. The Bertz CT molecular complexity index is 1100. The van der Waals surface area contributed by atoms with Crippen LogP contribution in [0, 0.1) is 0 Å². The van der Waals surface area contributed by atoms with Gasteiger partial charge in [-0.25, -0.2) is 0 Å². The summed E-state index contributed by atoms with van der Waals surface area (Å²) in [4.78, 5) is 8.89. The molecular formula is C23H33N9O3S. The number of hydrogen-bond donors (Lipinski definition) is 2. The summed E-state index contributed by atoms with van der Waals surface area (Å²) in [5.74, 6) is 1.65. The van der Waals surface area contributed by atoms with Gasteiger partial charge in [-0.2, -0.15) is 9.67 Å². The Morgan fingerprint density at radius 2 is 1.78 bits per heavy atom. The van der Waals surface area contributed by atoms with E-state index in [9.17, 15) is 0 Å². The third-order valence-corrected chi connectivity index (χ3v) is 7.02. The van der Waals surface area contributed by atoms with Gasteiger partial charge in [-0.3, -0.25) is 4.90 Å². The maximum absolute atomic E-state index is 6.15. The highest BCUT2D eigenvalue weighted by molar-refractivity contribution is 7.17. The van der Waals surface area contributed by atoms with Crippen molar-refractivity contribution in [2.75, 3.05) is 89.5 Å². The van der Waals surface area contributed by atoms with Crippen LogP contribution in [-0.4, -0.2) is 109 Å². The second-order valence-electron chi connectivity index (χ2n) is 8.57. The van der Waals surface area contributed by atoms with Crippen LogP contribution in [0.15, 0.2) is 24.3 Å². The summed E-state index contributed by atoms with van der Waals surface area (Å²) in [6.07, 6.45) is 0.915. The zero-order valence-corrected chi connectivity index (χ0v) is 21.2. The molecule has 12 nitrogen and oxygen atoms in total. The lowest BCUT2D eigenvalue weighted by atomic mass is 10.2. The summed E-state index contributed by atoms with van der Waals surface area (Å²) >= 11 is 1.40. The molecule has 36 heavy (non-hydrogen) atoms. The first-order chi connectivity index (χ1) is 17.8. The lowest BCUT2D eigenvalue weighted by Gasteiger charge is -2.26. The van der Waals surface area contributed by atoms with Crippen LogP contribution in [0.5, 0.6) is 5.75 Å². The van der Waals surface area contributed by atoms with Crippen molar-refractivity contribution in [3.8, 4) is 21.5 Å². The standard InChI is InChI=1S/C23H33N9O3S/c24-21-26-22(31-11-16-34-17-12-31)29-32(21)23-28-27-20(36-23)18-4-1-2-5-19(18)35-13-3-6-25-7-8-30-9-14-33-15-10-30/h1-2,4-5,25H,3,6-17H2,(H2,24,26,29). The van der Waals surface area contributed by atoms with Crippen molar-refractivity contribution in [2.45, 2.75) is 6.42 Å². The van der Waals surface area contributed by atoms with Crippen LogP contribution >= 0.6 is 11.3 Å². The number of anilines is 2. The summed E-state index contributed by atoms with van der Waals surface area (Å²) in [5, 5.41) is 18.1. The predicted octanol–water partition coefficient (Wildman–Crippen LogP) is 0.895. The number of nitrogens with one attached hydrogen (secondary N) is 1. The molecule has 0 spiro atoms. The van der Waals surface area contributed by atoms with Gasteiger partial charge in [-0.05, 0) is 25.1 Å². The summed E-state index contributed by atoms with van der Waals surface area (Å²) in [5.41, 5.74) is 7.04. The molecule has 3 N–H and O–H groups in total. The van der Waals surface area contributed by atoms with Gasteiger partial charge in [0, 0.05) is 39.3 Å². The van der Waals surface area contributed by atoms with Gasteiger partial charge >= 0.3 is 0 Å². The Labute approximate surface area is 214 Å². The monoisotopic (exact) mass is 515 g/mol. The molecule has 194 valence electrons. The molecule has 0 aliphatic carbocycles. The van der Waals surface area contributed by atoms with E-state index in [2.05, 4.69) is 35.4 Å². The number of nitrogens with two attached hydrogens (primary N) is 1. The van der Waals surface area contributed by atoms with Crippen molar-refractivity contribution < 1.29 is 14.2 Å². The third-order valence-electron chi connectivity index (χ3n) is 6.09. The van der Waals surface area contributed by atoms with Crippen molar-refractivity contribution in [2.24, 2.45) is 0 Å². The quantitative estimate of drug-likeness (QED) is 0.353. The average Bonchev–Trinajstić information content (AvgIpc) is 3.56. The zero-order chi connectivity index (χ0) is 24.6. The maximum Gasteiger partial charge on any atom is 0.247 e. The maximum atomic E-state index is 6.15. The Hall–Kier alpha value is -2.84. The van der Waals surface area contributed by atoms with Crippen molar-refractivity contribution >= 4 is 23.2 Å². The number of aromatic nitrogens is 5. The molecule has 2 aliphatic heterocycles. The normalized spacial score (nSPS) is 16.9. The van der Waals surface area contributed by atoms with Crippen molar-refractivity contribution in [1.82, 2.24) is 35.2 Å². The lowest BCUT2D eigenvalue weighted by molar-refractivity contribution is 0.0384. The first kappa shape index (κ1) is 24.8. The molecule has 0 unspecified atom stereocenters. The molecule has 4 heterocycles. The predicted molar refractivity (Wildman–Crippen MR) is 138 cm³/mol. The molecule has 0 radical (unpaired) electrons. The van der Waals surface area contributed by atoms with Crippen LogP contribution in [0.1, 0.15) is 6.42 Å². The highest BCUT2D eigenvalue weighted by atomic mass is 32.1. The molecule has 5 rings (SSSR count). The minimum atomic E-state index is 0.282. The minimum Gasteiger partial charge on any atom is -0.493 e. The number of benzene rings is 1. The first-order valence-electron chi connectivity index (χ1n) is 12.4. The summed E-state index contributed by atoms with van der Waals surface area (Å²) < 4.78 is 18.4. The summed E-state index contributed by atoms with van der Waals surface area (Å²) in [6.45, 7) is 10.0. The highest BCUT2D eigenvalue weighted by Crippen LogP contribution is 2.33. The van der Waals surface area contributed by atoms with E-state index in [-0.39, 0.29) is 5.95 Å². The van der Waals surface area contributed by atoms with E-state index in [1.165, 1.54) is 16.0 Å². The number of nitrogens with zero attached hydrogens (tertiary/aromatic N) is 7. The minimum absolute atomic E-state index is 0.282. The highest BCUT2D eigenvalue weighted by Gasteiger charge is 2.20. The third kappa shape index (κ3) is 6.28. The fourth-order valence-corrected chi connectivity index (χ4v) is 4.93. The second kappa shape index (κ2) is 12.4. The van der Waals surface area contributed by atoms with Gasteiger partial charge in [0.25, 0.3) is 0 Å². The lowest BCUT2D eigenvalue weighted by Crippen LogP contribution is -2.40. The molecule has 1 aromatic carbocycles. The second-order valence-corrected chi connectivity index (χ2v) is 9.53. The number of nitrogen functional groups attached to an aromatic ring is 1. The SMILES string of the molecule is Nc1nc(N2CCOCC2)nn1-c1nnc(-c2ccccc2OCCCNCCN2CCOCC2)s1. The molecule has 0 amide bonds. The number of para-hydroxylation sites is 1. The van der Waals surface area contributed by atoms with Crippen molar-refractivity contribution in [1.29, 1.82) is 0 Å². The molecule has 2 fully saturated rings. The molecule has 2 aliphatic rings. The Kier molecular flexibility index (Phi) is 8.56. The van der Waals surface area contributed by atoms with E-state index in [4.69, 9.17) is 19.9 Å². The van der Waals surface area contributed by atoms with Gasteiger partial charge in [-0.1, -0.05) is 23.5 Å². The van der Waals surface area contributed by atoms with E-state index in [0.29, 0.717) is 30.9 Å². The van der Waals surface area contributed by atoms with Gasteiger partial charge in [0.05, 0.1) is 38.6 Å². The van der Waals surface area contributed by atoms with Gasteiger partial charge in [0.1, 0.15) is 5.75 Å². The van der Waals surface area contributed by atoms with Crippen LogP contribution in [-0.2, 0) is 9.47 Å². The molecule has 13 heteroatoms. The average molecular weight is 516 g/mol. The first-order valence-corrected chi connectivity index (χ1v) is 13.2. The largest absolute Gasteiger partial charge is 0.493 e. The molecule has 0 bridgehead atoms. The van der Waals surface area contributed by atoms with Crippen LogP contribution in [0.4, 0.5) is 11.9 Å². The van der Waals surface area contributed by atoms with Crippen LogP contribution < -0.4 is 20.7 Å². The van der Waals surface area contributed by atoms with Crippen LogP contribution in [0.25, 0.3) is 15.7 Å². The Morgan fingerprint density at radius 3 is 2.61 bits per heavy atom. The molecule has 3 aromatic rings. The van der Waals surface area contributed by atoms with E-state index in [1.54, 1.807) is 0 Å².